The van der Waals surface area contributed by atoms with E-state index in [9.17, 15) is 5.11 Å². The van der Waals surface area contributed by atoms with Crippen LogP contribution in [-0.2, 0) is 0 Å². The fourth-order valence-corrected chi connectivity index (χ4v) is 1.84. The smallest absolute Gasteiger partial charge is 0.0790 e. The Hall–Kier alpha value is -0.340. The molecule has 1 aromatic carbocycles. The van der Waals surface area contributed by atoms with Gasteiger partial charge in [-0.15, -0.1) is 0 Å². The molecule has 72 valence electrons. The van der Waals surface area contributed by atoms with Crippen LogP contribution in [0.2, 0.25) is 0 Å². The maximum absolute atomic E-state index is 9.71. The Morgan fingerprint density at radius 2 is 1.92 bits per heavy atom. The Morgan fingerprint density at radius 1 is 1.31 bits per heavy atom. The van der Waals surface area contributed by atoms with Gasteiger partial charge in [-0.1, -0.05) is 28.9 Å². The van der Waals surface area contributed by atoms with Crippen LogP contribution >= 0.6 is 15.9 Å². The molecule has 0 bridgehead atoms. The molecule has 0 unspecified atom stereocenters. The van der Waals surface area contributed by atoms with Crippen molar-refractivity contribution in [1.82, 2.24) is 0 Å². The minimum absolute atomic E-state index is 0.327. The lowest BCUT2D eigenvalue weighted by Gasteiger charge is -2.13. The number of rotatable bonds is 2. The molecule has 0 aliphatic rings. The Kier molecular flexibility index (Phi) is 3.51. The van der Waals surface area contributed by atoms with Crippen LogP contribution in [0.25, 0.3) is 0 Å². The molecule has 13 heavy (non-hydrogen) atoms. The summed E-state index contributed by atoms with van der Waals surface area (Å²) in [7, 11) is 0. The summed E-state index contributed by atoms with van der Waals surface area (Å²) < 4.78 is 1.11. The lowest BCUT2D eigenvalue weighted by Crippen LogP contribution is -1.99. The van der Waals surface area contributed by atoms with Gasteiger partial charge in [0, 0.05) is 4.47 Å². The van der Waals surface area contributed by atoms with Gasteiger partial charge in [0.2, 0.25) is 0 Å². The molecule has 1 nitrogen and oxygen atoms in total. The second kappa shape index (κ2) is 4.25. The maximum Gasteiger partial charge on any atom is 0.0790 e. The molecule has 1 rings (SSSR count). The van der Waals surface area contributed by atoms with E-state index in [1.807, 2.05) is 26.8 Å². The summed E-state index contributed by atoms with van der Waals surface area (Å²) in [6.45, 7) is 6.05. The largest absolute Gasteiger partial charge is 0.388 e. The van der Waals surface area contributed by atoms with E-state index in [-0.39, 0.29) is 6.10 Å². The molecular weight excluding hydrogens is 228 g/mol. The zero-order chi connectivity index (χ0) is 10.0. The molecule has 2 heteroatoms. The average Bonchev–Trinajstić information content (AvgIpc) is 2.10. The SMILES string of the molecule is CC[C@H](O)c1cc(C)c(Br)cc1C. The first kappa shape index (κ1) is 10.7. The summed E-state index contributed by atoms with van der Waals surface area (Å²) in [6, 6.07) is 4.11. The summed E-state index contributed by atoms with van der Waals surface area (Å²) >= 11 is 3.47. The molecular formula is C11H15BrO. The van der Waals surface area contributed by atoms with E-state index in [4.69, 9.17) is 0 Å². The molecule has 0 radical (unpaired) electrons. The van der Waals surface area contributed by atoms with Crippen molar-refractivity contribution < 1.29 is 5.11 Å². The van der Waals surface area contributed by atoms with Crippen molar-refractivity contribution in [3.05, 3.63) is 33.3 Å². The third-order valence-electron chi connectivity index (χ3n) is 2.29. The number of hydrogen-bond donors (Lipinski definition) is 1. The Morgan fingerprint density at radius 3 is 2.46 bits per heavy atom. The van der Waals surface area contributed by atoms with Crippen LogP contribution in [0.15, 0.2) is 16.6 Å². The average molecular weight is 243 g/mol. The van der Waals surface area contributed by atoms with Gasteiger partial charge in [0.05, 0.1) is 6.10 Å². The third-order valence-corrected chi connectivity index (χ3v) is 3.15. The number of hydrogen-bond acceptors (Lipinski definition) is 1. The predicted octanol–water partition coefficient (Wildman–Crippen LogP) is 3.51. The van der Waals surface area contributed by atoms with Gasteiger partial charge < -0.3 is 5.11 Å². The van der Waals surface area contributed by atoms with Crippen LogP contribution in [-0.4, -0.2) is 5.11 Å². The normalized spacial score (nSPS) is 13.0. The van der Waals surface area contributed by atoms with Crippen LogP contribution in [0, 0.1) is 13.8 Å². The minimum Gasteiger partial charge on any atom is -0.388 e. The van der Waals surface area contributed by atoms with Gasteiger partial charge in [-0.2, -0.15) is 0 Å². The van der Waals surface area contributed by atoms with Crippen molar-refractivity contribution >= 4 is 15.9 Å². The number of halogens is 1. The first-order chi connectivity index (χ1) is 6.06. The van der Waals surface area contributed by atoms with Crippen LogP contribution in [0.5, 0.6) is 0 Å². The molecule has 0 spiro atoms. The fourth-order valence-electron chi connectivity index (χ4n) is 1.38. The second-order valence-electron chi connectivity index (χ2n) is 3.38. The third kappa shape index (κ3) is 2.32. The highest BCUT2D eigenvalue weighted by Gasteiger charge is 2.09. The fraction of sp³-hybridized carbons (Fsp3) is 0.455. The molecule has 0 aliphatic carbocycles. The second-order valence-corrected chi connectivity index (χ2v) is 4.24. The summed E-state index contributed by atoms with van der Waals surface area (Å²) in [4.78, 5) is 0. The molecule has 0 heterocycles. The van der Waals surface area contributed by atoms with E-state index >= 15 is 0 Å². The van der Waals surface area contributed by atoms with Crippen molar-refractivity contribution in [2.24, 2.45) is 0 Å². The van der Waals surface area contributed by atoms with Gasteiger partial charge >= 0.3 is 0 Å². The van der Waals surface area contributed by atoms with E-state index < -0.39 is 0 Å². The van der Waals surface area contributed by atoms with Gasteiger partial charge in [-0.3, -0.25) is 0 Å². The lowest BCUT2D eigenvalue weighted by atomic mass is 9.99. The zero-order valence-electron chi connectivity index (χ0n) is 8.26. The Bertz CT molecular complexity index is 307. The number of aliphatic hydroxyl groups is 1. The summed E-state index contributed by atoms with van der Waals surface area (Å²) in [6.07, 6.45) is 0.439. The molecule has 0 amide bonds. The minimum atomic E-state index is -0.327. The number of aliphatic hydroxyl groups excluding tert-OH is 1. The van der Waals surface area contributed by atoms with Crippen LogP contribution in [0.1, 0.15) is 36.1 Å². The van der Waals surface area contributed by atoms with Crippen molar-refractivity contribution in [1.29, 1.82) is 0 Å². The molecule has 0 saturated heterocycles. The van der Waals surface area contributed by atoms with Crippen LogP contribution < -0.4 is 0 Å². The van der Waals surface area contributed by atoms with Crippen LogP contribution in [0.3, 0.4) is 0 Å². The highest BCUT2D eigenvalue weighted by atomic mass is 79.9. The monoisotopic (exact) mass is 242 g/mol. The van der Waals surface area contributed by atoms with E-state index in [1.54, 1.807) is 0 Å². The van der Waals surface area contributed by atoms with Crippen LogP contribution in [0.4, 0.5) is 0 Å². The summed E-state index contributed by atoms with van der Waals surface area (Å²) in [5.74, 6) is 0. The molecule has 1 atom stereocenters. The maximum atomic E-state index is 9.71. The Labute approximate surface area is 87.9 Å². The standard InChI is InChI=1S/C11H15BrO/c1-4-11(13)9-5-8(3)10(12)6-7(9)2/h5-6,11,13H,4H2,1-3H3/t11-/m0/s1. The van der Waals surface area contributed by atoms with Gasteiger partial charge in [0.15, 0.2) is 0 Å². The topological polar surface area (TPSA) is 20.2 Å². The molecule has 0 aromatic heterocycles. The van der Waals surface area contributed by atoms with Crippen molar-refractivity contribution in [2.75, 3.05) is 0 Å². The summed E-state index contributed by atoms with van der Waals surface area (Å²) in [5.41, 5.74) is 3.36. The van der Waals surface area contributed by atoms with E-state index in [0.29, 0.717) is 0 Å². The van der Waals surface area contributed by atoms with E-state index in [0.717, 1.165) is 22.0 Å². The first-order valence-electron chi connectivity index (χ1n) is 4.51. The molecule has 0 saturated carbocycles. The molecule has 1 N–H and O–H groups in total. The highest BCUT2D eigenvalue weighted by molar-refractivity contribution is 9.10. The van der Waals surface area contributed by atoms with E-state index in [2.05, 4.69) is 22.0 Å². The van der Waals surface area contributed by atoms with Gasteiger partial charge in [-0.25, -0.2) is 0 Å². The van der Waals surface area contributed by atoms with E-state index in [1.165, 1.54) is 5.56 Å². The molecule has 1 aromatic rings. The quantitative estimate of drug-likeness (QED) is 0.842. The lowest BCUT2D eigenvalue weighted by molar-refractivity contribution is 0.173. The predicted molar refractivity (Wildman–Crippen MR) is 58.9 cm³/mol. The zero-order valence-corrected chi connectivity index (χ0v) is 9.85. The number of aryl methyl sites for hydroxylation is 2. The molecule has 0 aliphatic heterocycles. The first-order valence-corrected chi connectivity index (χ1v) is 5.30. The Balaban J connectivity index is 3.15. The van der Waals surface area contributed by atoms with Gasteiger partial charge in [0.1, 0.15) is 0 Å². The van der Waals surface area contributed by atoms with Gasteiger partial charge in [0.25, 0.3) is 0 Å². The highest BCUT2D eigenvalue weighted by Crippen LogP contribution is 2.26. The molecule has 0 fully saturated rings. The van der Waals surface area contributed by atoms with Gasteiger partial charge in [-0.05, 0) is 43.0 Å². The number of benzene rings is 1. The van der Waals surface area contributed by atoms with Crippen molar-refractivity contribution in [3.63, 3.8) is 0 Å². The van der Waals surface area contributed by atoms with Crippen molar-refractivity contribution in [3.8, 4) is 0 Å². The summed E-state index contributed by atoms with van der Waals surface area (Å²) in [5, 5.41) is 9.71. The van der Waals surface area contributed by atoms with Crippen molar-refractivity contribution in [2.45, 2.75) is 33.3 Å².